The molecule has 2 aromatic rings. The first-order valence-corrected chi connectivity index (χ1v) is 8.03. The molecule has 22 heavy (non-hydrogen) atoms. The second kappa shape index (κ2) is 5.03. The van der Waals surface area contributed by atoms with Crippen LogP contribution in [0.1, 0.15) is 6.42 Å². The first kappa shape index (κ1) is 14.9. The minimum atomic E-state index is -4.34. The maximum absolute atomic E-state index is 11.7. The molecule has 3 heterocycles. The van der Waals surface area contributed by atoms with Crippen molar-refractivity contribution in [2.24, 2.45) is 0 Å². The van der Waals surface area contributed by atoms with Gasteiger partial charge >= 0.3 is 7.60 Å². The van der Waals surface area contributed by atoms with Crippen LogP contribution in [0.5, 0.6) is 0 Å². The first-order chi connectivity index (χ1) is 10.3. The van der Waals surface area contributed by atoms with Crippen molar-refractivity contribution in [2.45, 2.75) is 24.9 Å². The molecule has 3 rings (SSSR count). The number of nitrogens with two attached hydrogens (primary N) is 1. The van der Waals surface area contributed by atoms with Gasteiger partial charge in [0.2, 0.25) is 5.95 Å². The predicted octanol–water partition coefficient (Wildman–Crippen LogP) is -0.449. The Kier molecular flexibility index (Phi) is 3.41. The summed E-state index contributed by atoms with van der Waals surface area (Å²) in [6.45, 7) is 3.96. The number of rotatable bonds is 3. The highest BCUT2D eigenvalue weighted by Gasteiger charge is 2.40. The number of anilines is 1. The van der Waals surface area contributed by atoms with E-state index in [4.69, 9.17) is 10.5 Å². The fraction of sp³-hybridized carbons (Fsp3) is 0.364. The van der Waals surface area contributed by atoms with E-state index in [0.717, 1.165) is 0 Å². The zero-order valence-corrected chi connectivity index (χ0v) is 12.2. The Morgan fingerprint density at radius 2 is 2.32 bits per heavy atom. The molecule has 10 nitrogen and oxygen atoms in total. The van der Waals surface area contributed by atoms with Gasteiger partial charge in [0.1, 0.15) is 0 Å². The minimum Gasteiger partial charge on any atom is -0.369 e. The van der Waals surface area contributed by atoms with Gasteiger partial charge in [-0.3, -0.25) is 14.3 Å². The molecule has 0 saturated carbocycles. The maximum atomic E-state index is 11.7. The van der Waals surface area contributed by atoms with Crippen molar-refractivity contribution in [3.63, 3.8) is 0 Å². The third kappa shape index (κ3) is 2.57. The number of hydrogen-bond donors (Lipinski definition) is 4. The van der Waals surface area contributed by atoms with Crippen LogP contribution in [0.25, 0.3) is 11.2 Å². The molecular weight excluding hydrogens is 313 g/mol. The molecule has 2 aromatic heterocycles. The predicted molar refractivity (Wildman–Crippen MR) is 77.0 cm³/mol. The second-order valence-electron chi connectivity index (χ2n) is 5.05. The van der Waals surface area contributed by atoms with Gasteiger partial charge in [0.15, 0.2) is 17.0 Å². The summed E-state index contributed by atoms with van der Waals surface area (Å²) in [5.41, 5.74) is 6.02. The Morgan fingerprint density at radius 3 is 2.95 bits per heavy atom. The van der Waals surface area contributed by atoms with Crippen molar-refractivity contribution < 1.29 is 19.1 Å². The zero-order chi connectivity index (χ0) is 16.1. The van der Waals surface area contributed by atoms with E-state index in [2.05, 4.69) is 21.5 Å². The number of nitrogens with zero attached hydrogens (tertiary/aromatic N) is 3. The molecule has 0 spiro atoms. The van der Waals surface area contributed by atoms with Crippen LogP contribution in [-0.2, 0) is 15.8 Å². The smallest absolute Gasteiger partial charge is 0.354 e. The van der Waals surface area contributed by atoms with Crippen molar-refractivity contribution >= 4 is 24.7 Å². The first-order valence-electron chi connectivity index (χ1n) is 6.34. The average molecular weight is 327 g/mol. The average Bonchev–Trinajstić information content (AvgIpc) is 2.95. The number of nitrogens with one attached hydrogen (secondary N) is 1. The molecule has 11 heteroatoms. The fourth-order valence-electron chi connectivity index (χ4n) is 2.34. The maximum Gasteiger partial charge on any atom is 0.354 e. The van der Waals surface area contributed by atoms with Crippen LogP contribution in [0, 0.1) is 0 Å². The number of ether oxygens (including phenoxy) is 1. The molecule has 5 N–H and O–H groups in total. The SMILES string of the molecule is C=C1C[C@@H](P(=O)(O)O)O[C@H]1Cn1cnc2c(=O)[nH]c(N)nc21. The van der Waals surface area contributed by atoms with E-state index in [-0.39, 0.29) is 30.1 Å². The molecule has 0 amide bonds. The number of imidazole rings is 1. The normalized spacial score (nSPS) is 22.5. The van der Waals surface area contributed by atoms with E-state index in [1.165, 1.54) is 6.33 Å². The lowest BCUT2D eigenvalue weighted by Crippen LogP contribution is -2.19. The van der Waals surface area contributed by atoms with E-state index < -0.39 is 25.1 Å². The number of nitrogen functional groups attached to an aromatic ring is 1. The number of aromatic nitrogens is 4. The van der Waals surface area contributed by atoms with Gasteiger partial charge in [-0.15, -0.1) is 0 Å². The summed E-state index contributed by atoms with van der Waals surface area (Å²) in [5, 5.41) is 0. The van der Waals surface area contributed by atoms with E-state index in [9.17, 15) is 19.1 Å². The number of H-pyrrole nitrogens is 1. The Morgan fingerprint density at radius 1 is 1.59 bits per heavy atom. The lowest BCUT2D eigenvalue weighted by atomic mass is 10.1. The highest BCUT2D eigenvalue weighted by Crippen LogP contribution is 2.49. The molecule has 0 bridgehead atoms. The Hall–Kier alpha value is -2.00. The Balaban J connectivity index is 1.90. The third-order valence-electron chi connectivity index (χ3n) is 3.44. The van der Waals surface area contributed by atoms with Gasteiger partial charge in [-0.05, 0) is 5.57 Å². The van der Waals surface area contributed by atoms with E-state index in [1.54, 1.807) is 4.57 Å². The Labute approximate surface area is 123 Å². The molecule has 0 aliphatic carbocycles. The van der Waals surface area contributed by atoms with Crippen LogP contribution in [0.15, 0.2) is 23.3 Å². The summed E-state index contributed by atoms with van der Waals surface area (Å²) in [6.07, 6.45) is 0.878. The molecule has 0 unspecified atom stereocenters. The number of fused-ring (bicyclic) bond motifs is 1. The third-order valence-corrected chi connectivity index (χ3v) is 4.50. The lowest BCUT2D eigenvalue weighted by molar-refractivity contribution is 0.0717. The molecule has 1 aliphatic rings. The van der Waals surface area contributed by atoms with E-state index >= 15 is 0 Å². The van der Waals surface area contributed by atoms with Gasteiger partial charge in [0.05, 0.1) is 19.0 Å². The molecule has 1 aliphatic heterocycles. The van der Waals surface area contributed by atoms with Crippen LogP contribution in [0.2, 0.25) is 0 Å². The second-order valence-corrected chi connectivity index (χ2v) is 6.81. The van der Waals surface area contributed by atoms with Crippen molar-refractivity contribution in [1.29, 1.82) is 0 Å². The van der Waals surface area contributed by atoms with Crippen LogP contribution < -0.4 is 11.3 Å². The molecule has 1 fully saturated rings. The quantitative estimate of drug-likeness (QED) is 0.436. The van der Waals surface area contributed by atoms with Crippen molar-refractivity contribution in [3.8, 4) is 0 Å². The van der Waals surface area contributed by atoms with Crippen molar-refractivity contribution in [3.05, 3.63) is 28.8 Å². The summed E-state index contributed by atoms with van der Waals surface area (Å²) in [7, 11) is -4.34. The van der Waals surface area contributed by atoms with E-state index in [1.807, 2.05) is 0 Å². The van der Waals surface area contributed by atoms with Crippen LogP contribution in [-0.4, -0.2) is 41.3 Å². The van der Waals surface area contributed by atoms with Crippen LogP contribution >= 0.6 is 7.60 Å². The zero-order valence-electron chi connectivity index (χ0n) is 11.3. The van der Waals surface area contributed by atoms with Gasteiger partial charge in [-0.1, -0.05) is 6.58 Å². The standard InChI is InChI=1S/C11H14N5O5P/c1-5-2-7(22(18,19)20)21-6(5)3-16-4-13-8-9(16)14-11(12)15-10(8)17/h4,6-7H,1-3H2,(H2,18,19,20)(H3,12,14,15,17)/t6-,7+/m0/s1. The highest BCUT2D eigenvalue weighted by molar-refractivity contribution is 7.52. The topological polar surface area (TPSA) is 156 Å². The Bertz CT molecular complexity index is 852. The summed E-state index contributed by atoms with van der Waals surface area (Å²) in [5.74, 6) is -1.24. The molecule has 118 valence electrons. The number of aromatic amines is 1. The van der Waals surface area contributed by atoms with Crippen molar-refractivity contribution in [1.82, 2.24) is 19.5 Å². The highest BCUT2D eigenvalue weighted by atomic mass is 31.2. The summed E-state index contributed by atoms with van der Waals surface area (Å²) in [6, 6.07) is 0. The van der Waals surface area contributed by atoms with Gasteiger partial charge in [-0.2, -0.15) is 4.98 Å². The fourth-order valence-corrected chi connectivity index (χ4v) is 3.12. The molecule has 2 atom stereocenters. The molecular formula is C11H14N5O5P. The van der Waals surface area contributed by atoms with Gasteiger partial charge in [0.25, 0.3) is 5.56 Å². The summed E-state index contributed by atoms with van der Waals surface area (Å²) in [4.78, 5) is 40.4. The van der Waals surface area contributed by atoms with Gasteiger partial charge in [0, 0.05) is 6.42 Å². The van der Waals surface area contributed by atoms with Gasteiger partial charge in [-0.25, -0.2) is 4.98 Å². The largest absolute Gasteiger partial charge is 0.369 e. The van der Waals surface area contributed by atoms with Crippen molar-refractivity contribution in [2.75, 3.05) is 5.73 Å². The number of hydrogen-bond acceptors (Lipinski definition) is 6. The monoisotopic (exact) mass is 327 g/mol. The van der Waals surface area contributed by atoms with Gasteiger partial charge < -0.3 is 24.8 Å². The lowest BCUT2D eigenvalue weighted by Gasteiger charge is -2.15. The molecule has 0 radical (unpaired) electrons. The van der Waals surface area contributed by atoms with Crippen LogP contribution in [0.3, 0.4) is 0 Å². The van der Waals surface area contributed by atoms with Crippen LogP contribution in [0.4, 0.5) is 5.95 Å². The summed E-state index contributed by atoms with van der Waals surface area (Å²) < 4.78 is 18.2. The molecule has 1 saturated heterocycles. The summed E-state index contributed by atoms with van der Waals surface area (Å²) >= 11 is 0. The van der Waals surface area contributed by atoms with E-state index in [0.29, 0.717) is 5.57 Å². The minimum absolute atomic E-state index is 0.0430. The molecule has 0 aromatic carbocycles.